The Balaban J connectivity index is 1.71. The van der Waals surface area contributed by atoms with E-state index in [2.05, 4.69) is 10.6 Å². The topological polar surface area (TPSA) is 58.2 Å². The van der Waals surface area contributed by atoms with Gasteiger partial charge in [-0.15, -0.1) is 22.7 Å². The van der Waals surface area contributed by atoms with Crippen molar-refractivity contribution in [2.24, 2.45) is 5.41 Å². The lowest BCUT2D eigenvalue weighted by atomic mass is 9.93. The second-order valence-electron chi connectivity index (χ2n) is 6.30. The van der Waals surface area contributed by atoms with Gasteiger partial charge in [0.15, 0.2) is 0 Å². The first-order chi connectivity index (χ1) is 11.9. The zero-order chi connectivity index (χ0) is 18.1. The van der Waals surface area contributed by atoms with Crippen LogP contribution in [0.5, 0.6) is 0 Å². The molecule has 0 atom stereocenters. The smallest absolute Gasteiger partial charge is 0.244 e. The molecule has 2 aromatic rings. The Bertz CT molecular complexity index is 667. The van der Waals surface area contributed by atoms with Crippen molar-refractivity contribution in [2.45, 2.75) is 13.8 Å². The third kappa shape index (κ3) is 7.49. The molecule has 0 radical (unpaired) electrons. The van der Waals surface area contributed by atoms with E-state index in [9.17, 15) is 9.59 Å². The second-order valence-corrected chi connectivity index (χ2v) is 8.26. The molecule has 2 rings (SSSR count). The van der Waals surface area contributed by atoms with E-state index in [4.69, 9.17) is 0 Å². The third-order valence-electron chi connectivity index (χ3n) is 3.37. The maximum absolute atomic E-state index is 11.9. The van der Waals surface area contributed by atoms with Crippen molar-refractivity contribution >= 4 is 46.6 Å². The summed E-state index contributed by atoms with van der Waals surface area (Å²) in [5.41, 5.74) is -0.237. The van der Waals surface area contributed by atoms with Gasteiger partial charge in [0.1, 0.15) is 0 Å². The molecule has 2 aromatic heterocycles. The fraction of sp³-hybridized carbons (Fsp3) is 0.263. The van der Waals surface area contributed by atoms with Crippen LogP contribution in [0.4, 0.5) is 0 Å². The van der Waals surface area contributed by atoms with E-state index < -0.39 is 0 Å². The van der Waals surface area contributed by atoms with Crippen molar-refractivity contribution < 1.29 is 9.59 Å². The van der Waals surface area contributed by atoms with Crippen LogP contribution in [0.25, 0.3) is 12.2 Å². The predicted octanol–water partition coefficient (Wildman–Crippen LogP) is 3.79. The number of nitrogens with one attached hydrogen (secondary N) is 2. The Morgan fingerprint density at radius 1 is 0.920 bits per heavy atom. The van der Waals surface area contributed by atoms with Gasteiger partial charge in [-0.2, -0.15) is 0 Å². The van der Waals surface area contributed by atoms with E-state index in [-0.39, 0.29) is 17.2 Å². The molecule has 2 amide bonds. The van der Waals surface area contributed by atoms with Crippen LogP contribution in [0.1, 0.15) is 23.6 Å². The van der Waals surface area contributed by atoms with Crippen molar-refractivity contribution in [1.29, 1.82) is 0 Å². The summed E-state index contributed by atoms with van der Waals surface area (Å²) < 4.78 is 0. The molecule has 25 heavy (non-hydrogen) atoms. The summed E-state index contributed by atoms with van der Waals surface area (Å²) >= 11 is 3.17. The molecule has 0 saturated carbocycles. The van der Waals surface area contributed by atoms with E-state index in [1.807, 2.05) is 48.9 Å². The van der Waals surface area contributed by atoms with Crippen LogP contribution in [0.15, 0.2) is 47.2 Å². The summed E-state index contributed by atoms with van der Waals surface area (Å²) in [5.74, 6) is -0.268. The van der Waals surface area contributed by atoms with E-state index in [0.717, 1.165) is 9.75 Å². The zero-order valence-electron chi connectivity index (χ0n) is 14.3. The van der Waals surface area contributed by atoms with E-state index >= 15 is 0 Å². The van der Waals surface area contributed by atoms with Gasteiger partial charge < -0.3 is 10.6 Å². The molecule has 0 bridgehead atoms. The summed E-state index contributed by atoms with van der Waals surface area (Å²) in [5, 5.41) is 9.69. The summed E-state index contributed by atoms with van der Waals surface area (Å²) in [6, 6.07) is 7.80. The van der Waals surface area contributed by atoms with Crippen LogP contribution in [0.2, 0.25) is 0 Å². The number of carbonyl (C=O) groups excluding carboxylic acids is 2. The van der Waals surface area contributed by atoms with Crippen molar-refractivity contribution in [3.05, 3.63) is 56.9 Å². The van der Waals surface area contributed by atoms with Crippen molar-refractivity contribution in [1.82, 2.24) is 10.6 Å². The van der Waals surface area contributed by atoms with Crippen LogP contribution < -0.4 is 10.6 Å². The second kappa shape index (κ2) is 9.34. The molecule has 132 valence electrons. The highest BCUT2D eigenvalue weighted by molar-refractivity contribution is 7.11. The van der Waals surface area contributed by atoms with E-state index in [1.54, 1.807) is 34.8 Å². The van der Waals surface area contributed by atoms with Gasteiger partial charge in [0.2, 0.25) is 11.8 Å². The summed E-state index contributed by atoms with van der Waals surface area (Å²) in [4.78, 5) is 25.8. The van der Waals surface area contributed by atoms with Crippen LogP contribution in [0, 0.1) is 5.41 Å². The van der Waals surface area contributed by atoms with E-state index in [0.29, 0.717) is 13.1 Å². The van der Waals surface area contributed by atoms with Crippen molar-refractivity contribution in [3.63, 3.8) is 0 Å². The first kappa shape index (κ1) is 19.1. The highest BCUT2D eigenvalue weighted by Crippen LogP contribution is 2.13. The maximum Gasteiger partial charge on any atom is 0.244 e. The molecule has 4 nitrogen and oxygen atoms in total. The fourth-order valence-electron chi connectivity index (χ4n) is 1.92. The molecule has 2 N–H and O–H groups in total. The van der Waals surface area contributed by atoms with Gasteiger partial charge in [-0.25, -0.2) is 0 Å². The van der Waals surface area contributed by atoms with Crippen LogP contribution in [-0.4, -0.2) is 24.9 Å². The van der Waals surface area contributed by atoms with Crippen LogP contribution >= 0.6 is 22.7 Å². The summed E-state index contributed by atoms with van der Waals surface area (Å²) in [6.45, 7) is 4.96. The van der Waals surface area contributed by atoms with Gasteiger partial charge in [0, 0.05) is 35.0 Å². The monoisotopic (exact) mass is 374 g/mol. The molecule has 0 fully saturated rings. The fourth-order valence-corrected chi connectivity index (χ4v) is 3.16. The Kier molecular flexibility index (Phi) is 7.16. The molecule has 0 aliphatic heterocycles. The van der Waals surface area contributed by atoms with E-state index in [1.165, 1.54) is 12.2 Å². The normalized spacial score (nSPS) is 11.9. The van der Waals surface area contributed by atoms with Gasteiger partial charge >= 0.3 is 0 Å². The first-order valence-electron chi connectivity index (χ1n) is 7.93. The average molecular weight is 375 g/mol. The minimum Gasteiger partial charge on any atom is -0.352 e. The predicted molar refractivity (Wildman–Crippen MR) is 107 cm³/mol. The summed E-state index contributed by atoms with van der Waals surface area (Å²) in [6.07, 6.45) is 6.66. The SMILES string of the molecule is CC(C)(CNC(=O)C=Cc1cccs1)CNC(=O)C=Cc1cccs1. The Labute approximate surface area is 156 Å². The van der Waals surface area contributed by atoms with Gasteiger partial charge in [-0.1, -0.05) is 26.0 Å². The van der Waals surface area contributed by atoms with Crippen LogP contribution in [-0.2, 0) is 9.59 Å². The molecule has 0 saturated heterocycles. The zero-order valence-corrected chi connectivity index (χ0v) is 16.0. The Morgan fingerprint density at radius 2 is 1.36 bits per heavy atom. The van der Waals surface area contributed by atoms with Gasteiger partial charge in [-0.3, -0.25) is 9.59 Å². The van der Waals surface area contributed by atoms with Crippen LogP contribution in [0.3, 0.4) is 0 Å². The quantitative estimate of drug-likeness (QED) is 0.691. The number of amides is 2. The van der Waals surface area contributed by atoms with Crippen molar-refractivity contribution in [2.75, 3.05) is 13.1 Å². The number of thiophene rings is 2. The minimum absolute atomic E-state index is 0.134. The highest BCUT2D eigenvalue weighted by atomic mass is 32.1. The lowest BCUT2D eigenvalue weighted by Gasteiger charge is -2.24. The largest absolute Gasteiger partial charge is 0.352 e. The number of hydrogen-bond donors (Lipinski definition) is 2. The standard InChI is InChI=1S/C19H22N2O2S2/c1-19(2,13-20-17(22)9-7-15-5-3-11-24-15)14-21-18(23)10-8-16-6-4-12-25-16/h3-12H,13-14H2,1-2H3,(H,20,22)(H,21,23). The highest BCUT2D eigenvalue weighted by Gasteiger charge is 2.19. The first-order valence-corrected chi connectivity index (χ1v) is 9.69. The molecule has 6 heteroatoms. The minimum atomic E-state index is -0.237. The molecule has 2 heterocycles. The van der Waals surface area contributed by atoms with Gasteiger partial charge in [0.25, 0.3) is 0 Å². The number of rotatable bonds is 8. The molecular formula is C19H22N2O2S2. The average Bonchev–Trinajstić information content (AvgIpc) is 3.28. The Hall–Kier alpha value is -2.18. The number of carbonyl (C=O) groups is 2. The molecule has 0 aliphatic rings. The van der Waals surface area contributed by atoms with Crippen molar-refractivity contribution in [3.8, 4) is 0 Å². The lowest BCUT2D eigenvalue weighted by molar-refractivity contribution is -0.116. The summed E-state index contributed by atoms with van der Waals surface area (Å²) in [7, 11) is 0. The number of hydrogen-bond acceptors (Lipinski definition) is 4. The maximum atomic E-state index is 11.9. The molecule has 0 unspecified atom stereocenters. The Morgan fingerprint density at radius 3 is 1.72 bits per heavy atom. The lowest BCUT2D eigenvalue weighted by Crippen LogP contribution is -2.41. The van der Waals surface area contributed by atoms with Gasteiger partial charge in [0.05, 0.1) is 0 Å². The van der Waals surface area contributed by atoms with Gasteiger partial charge in [-0.05, 0) is 40.5 Å². The molecular weight excluding hydrogens is 352 g/mol. The molecule has 0 spiro atoms. The molecule has 0 aliphatic carbocycles. The third-order valence-corrected chi connectivity index (χ3v) is 5.04. The molecule has 0 aromatic carbocycles.